The molecule has 0 spiro atoms. The zero-order chi connectivity index (χ0) is 8.55. The molecule has 2 aliphatic rings. The van der Waals surface area contributed by atoms with Gasteiger partial charge in [0.2, 0.25) is 0 Å². The molecular weight excluding hydrogens is 158 g/mol. The van der Waals surface area contributed by atoms with E-state index in [1.54, 1.807) is 23.6 Å². The van der Waals surface area contributed by atoms with Crippen molar-refractivity contribution in [2.24, 2.45) is 5.92 Å². The highest BCUT2D eigenvalue weighted by atomic mass is 16.4. The molecule has 1 fully saturated rings. The molecule has 1 unspecified atom stereocenters. The van der Waals surface area contributed by atoms with Gasteiger partial charge >= 0.3 is 5.97 Å². The van der Waals surface area contributed by atoms with Crippen LogP contribution in [-0.2, 0) is 4.79 Å². The first kappa shape index (κ1) is 7.17. The predicted octanol–water partition coefficient (Wildman–Crippen LogP) is -0.577. The highest BCUT2D eigenvalue weighted by Crippen LogP contribution is 2.21. The van der Waals surface area contributed by atoms with Crippen LogP contribution in [0.1, 0.15) is 0 Å². The van der Waals surface area contributed by atoms with Crippen molar-refractivity contribution in [1.29, 1.82) is 0 Å². The lowest BCUT2D eigenvalue weighted by molar-refractivity contribution is -0.139. The quantitative estimate of drug-likeness (QED) is 0.488. The van der Waals surface area contributed by atoms with E-state index >= 15 is 0 Å². The van der Waals surface area contributed by atoms with E-state index in [1.807, 2.05) is 0 Å². The second-order valence-corrected chi connectivity index (χ2v) is 2.67. The third-order valence-electron chi connectivity index (χ3n) is 1.95. The molecule has 1 atom stereocenters. The molecule has 0 saturated carbocycles. The molecule has 0 aromatic rings. The summed E-state index contributed by atoms with van der Waals surface area (Å²) in [4.78, 5) is 10.7. The summed E-state index contributed by atoms with van der Waals surface area (Å²) in [5, 5.41) is 13.4. The fourth-order valence-electron chi connectivity index (χ4n) is 1.33. The normalized spacial score (nSPS) is 26.2. The SMILES string of the molecule is O=C(O)C1CNN2C=CNC=C12. The summed E-state index contributed by atoms with van der Waals surface area (Å²) >= 11 is 0. The zero-order valence-electron chi connectivity index (χ0n) is 6.32. The van der Waals surface area contributed by atoms with Crippen LogP contribution in [-0.4, -0.2) is 22.6 Å². The largest absolute Gasteiger partial charge is 0.481 e. The standard InChI is InChI=1S/C7H9N3O2/c11-7(12)5-3-9-10-2-1-8-4-6(5)10/h1-2,4-5,8-9H,3H2,(H,11,12). The molecule has 0 radical (unpaired) electrons. The molecule has 1 saturated heterocycles. The van der Waals surface area contributed by atoms with Gasteiger partial charge in [-0.1, -0.05) is 0 Å². The molecule has 2 rings (SSSR count). The molecule has 64 valence electrons. The fraction of sp³-hybridized carbons (Fsp3) is 0.286. The molecule has 5 nitrogen and oxygen atoms in total. The Labute approximate surface area is 69.3 Å². The number of nitrogens with zero attached hydrogens (tertiary/aromatic N) is 1. The van der Waals surface area contributed by atoms with Gasteiger partial charge in [0, 0.05) is 25.1 Å². The summed E-state index contributed by atoms with van der Waals surface area (Å²) in [6.07, 6.45) is 5.19. The summed E-state index contributed by atoms with van der Waals surface area (Å²) in [7, 11) is 0. The number of hydrazine groups is 1. The second-order valence-electron chi connectivity index (χ2n) is 2.67. The Kier molecular flexibility index (Phi) is 1.51. The highest BCUT2D eigenvalue weighted by Gasteiger charge is 2.32. The van der Waals surface area contributed by atoms with E-state index in [-0.39, 0.29) is 0 Å². The summed E-state index contributed by atoms with van der Waals surface area (Å²) in [5.74, 6) is -1.24. The number of carboxylic acids is 1. The third-order valence-corrected chi connectivity index (χ3v) is 1.95. The van der Waals surface area contributed by atoms with Crippen molar-refractivity contribution in [3.63, 3.8) is 0 Å². The van der Waals surface area contributed by atoms with Crippen LogP contribution in [0.25, 0.3) is 0 Å². The first-order valence-electron chi connectivity index (χ1n) is 3.67. The first-order chi connectivity index (χ1) is 5.79. The van der Waals surface area contributed by atoms with Crippen molar-refractivity contribution >= 4 is 5.97 Å². The maximum absolute atomic E-state index is 10.7. The van der Waals surface area contributed by atoms with Crippen molar-refractivity contribution in [3.8, 4) is 0 Å². The topological polar surface area (TPSA) is 64.6 Å². The molecule has 5 heteroatoms. The minimum Gasteiger partial charge on any atom is -0.481 e. The Balaban J connectivity index is 2.23. The van der Waals surface area contributed by atoms with Gasteiger partial charge in [-0.05, 0) is 0 Å². The molecule has 0 aromatic carbocycles. The van der Waals surface area contributed by atoms with Gasteiger partial charge in [0.1, 0.15) is 5.92 Å². The Bertz CT molecular complexity index is 272. The molecule has 2 heterocycles. The Morgan fingerprint density at radius 3 is 3.33 bits per heavy atom. The maximum Gasteiger partial charge on any atom is 0.314 e. The molecule has 2 aliphatic heterocycles. The average Bonchev–Trinajstić information content (AvgIpc) is 2.47. The Morgan fingerprint density at radius 1 is 1.75 bits per heavy atom. The van der Waals surface area contributed by atoms with Gasteiger partial charge in [-0.25, -0.2) is 5.43 Å². The van der Waals surface area contributed by atoms with Gasteiger partial charge in [-0.15, -0.1) is 0 Å². The van der Waals surface area contributed by atoms with Crippen LogP contribution in [0, 0.1) is 5.92 Å². The fourth-order valence-corrected chi connectivity index (χ4v) is 1.33. The van der Waals surface area contributed by atoms with Gasteiger partial charge in [-0.2, -0.15) is 0 Å². The van der Waals surface area contributed by atoms with E-state index in [0.29, 0.717) is 6.54 Å². The third kappa shape index (κ3) is 0.947. The van der Waals surface area contributed by atoms with Crippen LogP contribution in [0.2, 0.25) is 0 Å². The lowest BCUT2D eigenvalue weighted by Crippen LogP contribution is -2.27. The zero-order valence-corrected chi connectivity index (χ0v) is 6.32. The van der Waals surface area contributed by atoms with Crippen LogP contribution < -0.4 is 10.7 Å². The number of fused-ring (bicyclic) bond motifs is 1. The highest BCUT2D eigenvalue weighted by molar-refractivity contribution is 5.74. The molecule has 0 aliphatic carbocycles. The number of hydrogen-bond donors (Lipinski definition) is 3. The number of carboxylic acid groups (broad SMARTS) is 1. The predicted molar refractivity (Wildman–Crippen MR) is 41.3 cm³/mol. The van der Waals surface area contributed by atoms with Crippen molar-refractivity contribution < 1.29 is 9.90 Å². The maximum atomic E-state index is 10.7. The number of nitrogens with one attached hydrogen (secondary N) is 2. The number of hydrogen-bond acceptors (Lipinski definition) is 4. The van der Waals surface area contributed by atoms with E-state index in [9.17, 15) is 4.79 Å². The molecule has 0 amide bonds. The monoisotopic (exact) mass is 167 g/mol. The van der Waals surface area contributed by atoms with Gasteiger partial charge in [0.05, 0.1) is 5.70 Å². The minimum atomic E-state index is -0.798. The molecule has 3 N–H and O–H groups in total. The smallest absolute Gasteiger partial charge is 0.314 e. The van der Waals surface area contributed by atoms with E-state index in [2.05, 4.69) is 10.7 Å². The summed E-state index contributed by atoms with van der Waals surface area (Å²) in [5.41, 5.74) is 3.70. The number of aliphatic carboxylic acids is 1. The lowest BCUT2D eigenvalue weighted by atomic mass is 10.1. The van der Waals surface area contributed by atoms with E-state index in [4.69, 9.17) is 5.11 Å². The first-order valence-corrected chi connectivity index (χ1v) is 3.67. The summed E-state index contributed by atoms with van der Waals surface area (Å²) in [6.45, 7) is 0.452. The lowest BCUT2D eigenvalue weighted by Gasteiger charge is -2.18. The van der Waals surface area contributed by atoms with Gasteiger partial charge in [0.25, 0.3) is 0 Å². The number of carbonyl (C=O) groups is 1. The molecule has 12 heavy (non-hydrogen) atoms. The molecular formula is C7H9N3O2. The van der Waals surface area contributed by atoms with Crippen molar-refractivity contribution in [3.05, 3.63) is 24.3 Å². The van der Waals surface area contributed by atoms with E-state index < -0.39 is 11.9 Å². The van der Waals surface area contributed by atoms with Crippen LogP contribution in [0.4, 0.5) is 0 Å². The van der Waals surface area contributed by atoms with Crippen LogP contribution >= 0.6 is 0 Å². The van der Waals surface area contributed by atoms with Gasteiger partial charge < -0.3 is 10.4 Å². The number of rotatable bonds is 1. The summed E-state index contributed by atoms with van der Waals surface area (Å²) < 4.78 is 0. The van der Waals surface area contributed by atoms with Crippen molar-refractivity contribution in [2.45, 2.75) is 0 Å². The Hall–Kier alpha value is -1.49. The second kappa shape index (κ2) is 2.53. The van der Waals surface area contributed by atoms with E-state index in [0.717, 1.165) is 5.70 Å². The summed E-state index contributed by atoms with van der Waals surface area (Å²) in [6, 6.07) is 0. The molecule has 0 aromatic heterocycles. The van der Waals surface area contributed by atoms with Crippen LogP contribution in [0.3, 0.4) is 0 Å². The van der Waals surface area contributed by atoms with Gasteiger partial charge in [-0.3, -0.25) is 9.80 Å². The van der Waals surface area contributed by atoms with Crippen molar-refractivity contribution in [1.82, 2.24) is 15.8 Å². The van der Waals surface area contributed by atoms with Crippen LogP contribution in [0.15, 0.2) is 24.3 Å². The van der Waals surface area contributed by atoms with Crippen molar-refractivity contribution in [2.75, 3.05) is 6.54 Å². The van der Waals surface area contributed by atoms with Crippen LogP contribution in [0.5, 0.6) is 0 Å². The Morgan fingerprint density at radius 2 is 2.58 bits per heavy atom. The average molecular weight is 167 g/mol. The molecule has 0 bridgehead atoms. The van der Waals surface area contributed by atoms with E-state index in [1.165, 1.54) is 0 Å². The van der Waals surface area contributed by atoms with Gasteiger partial charge in [0.15, 0.2) is 0 Å². The minimum absolute atomic E-state index is 0.442.